The van der Waals surface area contributed by atoms with Crippen LogP contribution in [0.4, 0.5) is 14.5 Å². The Morgan fingerprint density at radius 2 is 1.39 bits per heavy atom. The summed E-state index contributed by atoms with van der Waals surface area (Å²) in [5, 5.41) is 6.47. The van der Waals surface area contributed by atoms with E-state index in [0.717, 1.165) is 28.5 Å². The van der Waals surface area contributed by atoms with Crippen LogP contribution in [0, 0.1) is 11.6 Å². The van der Waals surface area contributed by atoms with Gasteiger partial charge in [0.05, 0.1) is 20.3 Å². The Hall–Kier alpha value is -4.04. The minimum Gasteiger partial charge on any atom is -0.497 e. The SMILES string of the molecule is COc1ccc(C(NC(C)c2ccc(F)c(F)c2)c2ccc(CNc3c(OC)c(=O)c3=O)cc2)cc1. The predicted molar refractivity (Wildman–Crippen MR) is 134 cm³/mol. The molecule has 0 heterocycles. The standard InChI is InChI=1S/C28H26F2N2O4/c1-16(20-10-13-22(29)23(30)14-20)32-24(19-8-11-21(35-2)12-9-19)18-6-4-17(5-7-18)15-31-25-26(33)27(34)28(25)36-3/h4-14,16,24,31-32H,15H2,1-3H3. The van der Waals surface area contributed by atoms with Crippen LogP contribution in [0.2, 0.25) is 0 Å². The maximum atomic E-state index is 13.8. The molecular weight excluding hydrogens is 466 g/mol. The van der Waals surface area contributed by atoms with Gasteiger partial charge in [-0.25, -0.2) is 8.78 Å². The quantitative estimate of drug-likeness (QED) is 0.315. The molecular formula is C28H26F2N2O4. The van der Waals surface area contributed by atoms with Gasteiger partial charge in [-0.2, -0.15) is 0 Å². The van der Waals surface area contributed by atoms with Crippen molar-refractivity contribution < 1.29 is 18.3 Å². The van der Waals surface area contributed by atoms with Crippen LogP contribution in [0.25, 0.3) is 0 Å². The molecule has 186 valence electrons. The van der Waals surface area contributed by atoms with Crippen molar-refractivity contribution in [3.05, 3.63) is 121 Å². The van der Waals surface area contributed by atoms with Gasteiger partial charge in [0.1, 0.15) is 11.4 Å². The summed E-state index contributed by atoms with van der Waals surface area (Å²) in [5.74, 6) is -1.01. The Labute approximate surface area is 207 Å². The van der Waals surface area contributed by atoms with E-state index in [9.17, 15) is 18.4 Å². The first kappa shape index (κ1) is 25.1. The highest BCUT2D eigenvalue weighted by Crippen LogP contribution is 2.28. The van der Waals surface area contributed by atoms with E-state index in [2.05, 4.69) is 10.6 Å². The first-order valence-corrected chi connectivity index (χ1v) is 11.4. The lowest BCUT2D eigenvalue weighted by molar-refractivity contribution is 0.407. The summed E-state index contributed by atoms with van der Waals surface area (Å²) >= 11 is 0. The third-order valence-corrected chi connectivity index (χ3v) is 6.16. The molecule has 0 amide bonds. The Balaban J connectivity index is 1.56. The van der Waals surface area contributed by atoms with Gasteiger partial charge in [0.25, 0.3) is 10.9 Å². The van der Waals surface area contributed by atoms with Crippen molar-refractivity contribution in [2.75, 3.05) is 19.5 Å². The highest BCUT2D eigenvalue weighted by atomic mass is 19.2. The number of hydrogen-bond donors (Lipinski definition) is 2. The average molecular weight is 493 g/mol. The molecule has 2 N–H and O–H groups in total. The first-order valence-electron chi connectivity index (χ1n) is 11.4. The third-order valence-electron chi connectivity index (χ3n) is 6.16. The molecule has 2 atom stereocenters. The van der Waals surface area contributed by atoms with Crippen LogP contribution in [-0.2, 0) is 6.54 Å². The van der Waals surface area contributed by atoms with Gasteiger partial charge in [-0.05, 0) is 53.4 Å². The van der Waals surface area contributed by atoms with E-state index in [1.54, 1.807) is 13.2 Å². The van der Waals surface area contributed by atoms with Crippen LogP contribution in [0.15, 0.2) is 76.3 Å². The summed E-state index contributed by atoms with van der Waals surface area (Å²) in [4.78, 5) is 23.3. The number of rotatable bonds is 10. The van der Waals surface area contributed by atoms with E-state index in [-0.39, 0.29) is 23.5 Å². The topological polar surface area (TPSA) is 76.7 Å². The highest BCUT2D eigenvalue weighted by Gasteiger charge is 2.22. The summed E-state index contributed by atoms with van der Waals surface area (Å²) in [7, 11) is 2.95. The fraction of sp³-hybridized carbons (Fsp3) is 0.214. The van der Waals surface area contributed by atoms with Crippen molar-refractivity contribution in [1.82, 2.24) is 5.32 Å². The predicted octanol–water partition coefficient (Wildman–Crippen LogP) is 4.63. The summed E-state index contributed by atoms with van der Waals surface area (Å²) in [6.45, 7) is 2.23. The van der Waals surface area contributed by atoms with Crippen LogP contribution in [0.5, 0.6) is 11.5 Å². The molecule has 0 aromatic heterocycles. The number of nitrogens with one attached hydrogen (secondary N) is 2. The Bertz CT molecular complexity index is 1410. The summed E-state index contributed by atoms with van der Waals surface area (Å²) in [6, 6.07) is 18.7. The number of methoxy groups -OCH3 is 2. The zero-order chi connectivity index (χ0) is 25.8. The van der Waals surface area contributed by atoms with Crippen molar-refractivity contribution >= 4 is 5.69 Å². The second-order valence-electron chi connectivity index (χ2n) is 8.43. The molecule has 4 aromatic carbocycles. The lowest BCUT2D eigenvalue weighted by Gasteiger charge is -2.25. The number of halogens is 2. The lowest BCUT2D eigenvalue weighted by atomic mass is 9.95. The second-order valence-corrected chi connectivity index (χ2v) is 8.43. The van der Waals surface area contributed by atoms with Gasteiger partial charge in [0.2, 0.25) is 0 Å². The monoisotopic (exact) mass is 492 g/mol. The maximum Gasteiger partial charge on any atom is 0.271 e. The number of benzene rings is 3. The van der Waals surface area contributed by atoms with Gasteiger partial charge in [0, 0.05) is 12.6 Å². The van der Waals surface area contributed by atoms with Gasteiger partial charge in [-0.1, -0.05) is 42.5 Å². The molecule has 0 radical (unpaired) electrons. The van der Waals surface area contributed by atoms with E-state index >= 15 is 0 Å². The van der Waals surface area contributed by atoms with Gasteiger partial charge in [0.15, 0.2) is 17.4 Å². The summed E-state index contributed by atoms with van der Waals surface area (Å²) < 4.78 is 37.5. The molecule has 0 saturated heterocycles. The molecule has 0 aliphatic rings. The Morgan fingerprint density at radius 3 is 1.97 bits per heavy atom. The van der Waals surface area contributed by atoms with Gasteiger partial charge in [-0.15, -0.1) is 0 Å². The molecule has 2 unspecified atom stereocenters. The fourth-order valence-corrected chi connectivity index (χ4v) is 4.05. The van der Waals surface area contributed by atoms with E-state index in [4.69, 9.17) is 9.47 Å². The summed E-state index contributed by atoms with van der Waals surface area (Å²) in [5.41, 5.74) is 2.41. The zero-order valence-corrected chi connectivity index (χ0v) is 20.1. The van der Waals surface area contributed by atoms with Crippen LogP contribution < -0.4 is 31.0 Å². The van der Waals surface area contributed by atoms with Crippen molar-refractivity contribution in [2.45, 2.75) is 25.6 Å². The molecule has 4 aromatic rings. The number of ether oxygens (including phenoxy) is 2. The van der Waals surface area contributed by atoms with Crippen LogP contribution >= 0.6 is 0 Å². The molecule has 0 aliphatic heterocycles. The zero-order valence-electron chi connectivity index (χ0n) is 20.1. The van der Waals surface area contributed by atoms with Crippen LogP contribution in [-0.4, -0.2) is 14.2 Å². The van der Waals surface area contributed by atoms with E-state index in [1.807, 2.05) is 55.5 Å². The largest absolute Gasteiger partial charge is 0.497 e. The minimum absolute atomic E-state index is 0.0478. The highest BCUT2D eigenvalue weighted by molar-refractivity contribution is 5.61. The Morgan fingerprint density at radius 1 is 0.778 bits per heavy atom. The van der Waals surface area contributed by atoms with Gasteiger partial charge < -0.3 is 14.8 Å². The normalized spacial score (nSPS) is 12.8. The van der Waals surface area contributed by atoms with Crippen molar-refractivity contribution in [1.29, 1.82) is 0 Å². The third kappa shape index (κ3) is 5.13. The summed E-state index contributed by atoms with van der Waals surface area (Å²) in [6.07, 6.45) is 0. The molecule has 0 bridgehead atoms. The number of anilines is 1. The van der Waals surface area contributed by atoms with E-state index < -0.39 is 22.5 Å². The van der Waals surface area contributed by atoms with E-state index in [1.165, 1.54) is 13.2 Å². The lowest BCUT2D eigenvalue weighted by Crippen LogP contribution is -2.35. The van der Waals surface area contributed by atoms with Crippen LogP contribution in [0.1, 0.15) is 41.3 Å². The molecule has 0 fully saturated rings. The van der Waals surface area contributed by atoms with Crippen LogP contribution in [0.3, 0.4) is 0 Å². The molecule has 8 heteroatoms. The van der Waals surface area contributed by atoms with Gasteiger partial charge >= 0.3 is 0 Å². The molecule has 0 aliphatic carbocycles. The van der Waals surface area contributed by atoms with Crippen molar-refractivity contribution in [2.24, 2.45) is 0 Å². The smallest absolute Gasteiger partial charge is 0.271 e. The van der Waals surface area contributed by atoms with Crippen molar-refractivity contribution in [3.8, 4) is 11.5 Å². The fourth-order valence-electron chi connectivity index (χ4n) is 4.05. The maximum absolute atomic E-state index is 13.8. The Kier molecular flexibility index (Phi) is 7.45. The van der Waals surface area contributed by atoms with E-state index in [0.29, 0.717) is 12.1 Å². The molecule has 6 nitrogen and oxygen atoms in total. The first-order chi connectivity index (χ1) is 17.3. The molecule has 0 saturated carbocycles. The number of hydrogen-bond acceptors (Lipinski definition) is 6. The second kappa shape index (κ2) is 10.7. The van der Waals surface area contributed by atoms with Gasteiger partial charge in [-0.3, -0.25) is 14.9 Å². The minimum atomic E-state index is -0.891. The molecule has 4 rings (SSSR count). The van der Waals surface area contributed by atoms with Crippen molar-refractivity contribution in [3.63, 3.8) is 0 Å². The average Bonchev–Trinajstić information content (AvgIpc) is 2.91. The molecule has 36 heavy (non-hydrogen) atoms. The molecule has 0 spiro atoms.